The first-order valence-corrected chi connectivity index (χ1v) is 9.51. The number of benzene rings is 1. The Morgan fingerprint density at radius 2 is 2.12 bits per heavy atom. The first-order valence-electron chi connectivity index (χ1n) is 7.64. The Kier molecular flexibility index (Phi) is 5.83. The van der Waals surface area contributed by atoms with Crippen molar-refractivity contribution in [3.8, 4) is 11.1 Å². The zero-order chi connectivity index (χ0) is 18.4. The van der Waals surface area contributed by atoms with Gasteiger partial charge in [0, 0.05) is 17.1 Å². The van der Waals surface area contributed by atoms with Crippen LogP contribution in [0.2, 0.25) is 0 Å². The van der Waals surface area contributed by atoms with E-state index in [4.69, 9.17) is 5.26 Å². The SMILES string of the molecule is N#CCCSc1ccccc1NC(=O)Cn1nnn(-c2cccs2)c1=O. The van der Waals surface area contributed by atoms with Crippen LogP contribution in [-0.4, -0.2) is 31.5 Å². The van der Waals surface area contributed by atoms with Gasteiger partial charge in [-0.3, -0.25) is 4.79 Å². The van der Waals surface area contributed by atoms with Gasteiger partial charge in [-0.15, -0.1) is 23.1 Å². The zero-order valence-electron chi connectivity index (χ0n) is 13.5. The summed E-state index contributed by atoms with van der Waals surface area (Å²) in [5.41, 5.74) is 0.165. The van der Waals surface area contributed by atoms with Gasteiger partial charge >= 0.3 is 5.69 Å². The fraction of sp³-hybridized carbons (Fsp3) is 0.188. The Hall–Kier alpha value is -2.90. The normalized spacial score (nSPS) is 10.4. The number of rotatable bonds is 7. The van der Waals surface area contributed by atoms with E-state index in [0.717, 1.165) is 14.3 Å². The number of hydrogen-bond donors (Lipinski definition) is 1. The summed E-state index contributed by atoms with van der Waals surface area (Å²) in [6, 6.07) is 13.0. The fourth-order valence-corrected chi connectivity index (χ4v) is 3.66. The molecule has 0 spiro atoms. The smallest absolute Gasteiger partial charge is 0.323 e. The molecule has 0 saturated carbocycles. The molecule has 3 rings (SSSR count). The molecule has 0 aliphatic heterocycles. The number of nitrogens with zero attached hydrogens (tertiary/aromatic N) is 5. The topological polar surface area (TPSA) is 106 Å². The molecule has 0 fully saturated rings. The number of carbonyl (C=O) groups excluding carboxylic acids is 1. The predicted molar refractivity (Wildman–Crippen MR) is 99.5 cm³/mol. The van der Waals surface area contributed by atoms with E-state index in [0.29, 0.717) is 22.9 Å². The minimum atomic E-state index is -0.473. The van der Waals surface area contributed by atoms with Gasteiger partial charge in [-0.05, 0) is 40.1 Å². The van der Waals surface area contributed by atoms with Gasteiger partial charge in [0.1, 0.15) is 11.5 Å². The fourth-order valence-electron chi connectivity index (χ4n) is 2.13. The van der Waals surface area contributed by atoms with Gasteiger partial charge in [-0.25, -0.2) is 4.79 Å². The molecule has 1 N–H and O–H groups in total. The minimum absolute atomic E-state index is 0.235. The summed E-state index contributed by atoms with van der Waals surface area (Å²) < 4.78 is 2.17. The van der Waals surface area contributed by atoms with Crippen molar-refractivity contribution < 1.29 is 4.79 Å². The van der Waals surface area contributed by atoms with E-state index in [2.05, 4.69) is 21.8 Å². The average molecular weight is 386 g/mol. The molecule has 26 heavy (non-hydrogen) atoms. The van der Waals surface area contributed by atoms with Crippen LogP contribution in [0, 0.1) is 11.3 Å². The Balaban J connectivity index is 1.69. The quantitative estimate of drug-likeness (QED) is 0.493. The number of nitrogens with one attached hydrogen (secondary N) is 1. The number of thiophene rings is 1. The Morgan fingerprint density at radius 3 is 2.88 bits per heavy atom. The number of anilines is 1. The van der Waals surface area contributed by atoms with Gasteiger partial charge in [-0.2, -0.15) is 14.6 Å². The molecule has 2 aromatic heterocycles. The standard InChI is InChI=1S/C16H14N6O2S2/c17-8-4-10-25-13-6-2-1-5-12(13)18-14(23)11-21-16(24)22(20-19-21)15-7-3-9-26-15/h1-3,5-7,9H,4,10-11H2,(H,18,23). The van der Waals surface area contributed by atoms with Crippen molar-refractivity contribution in [2.75, 3.05) is 11.1 Å². The molecule has 0 aliphatic rings. The molecule has 1 aromatic carbocycles. The van der Waals surface area contributed by atoms with Crippen molar-refractivity contribution in [2.45, 2.75) is 17.9 Å². The molecule has 0 saturated heterocycles. The van der Waals surface area contributed by atoms with Crippen molar-refractivity contribution in [1.82, 2.24) is 19.8 Å². The lowest BCUT2D eigenvalue weighted by Crippen LogP contribution is -2.29. The summed E-state index contributed by atoms with van der Waals surface area (Å²) in [4.78, 5) is 25.5. The number of thioether (sulfide) groups is 1. The molecule has 0 atom stereocenters. The highest BCUT2D eigenvalue weighted by molar-refractivity contribution is 7.99. The molecule has 8 nitrogen and oxygen atoms in total. The Morgan fingerprint density at radius 1 is 1.27 bits per heavy atom. The molecule has 0 unspecified atom stereocenters. The molecule has 132 valence electrons. The Labute approximate surface area is 157 Å². The van der Waals surface area contributed by atoms with Crippen LogP contribution in [0.5, 0.6) is 0 Å². The van der Waals surface area contributed by atoms with Crippen molar-refractivity contribution in [1.29, 1.82) is 5.26 Å². The summed E-state index contributed by atoms with van der Waals surface area (Å²) in [5, 5.41) is 21.4. The first-order chi connectivity index (χ1) is 12.7. The van der Waals surface area contributed by atoms with Gasteiger partial charge in [0.2, 0.25) is 5.91 Å². The van der Waals surface area contributed by atoms with Crippen molar-refractivity contribution in [3.63, 3.8) is 0 Å². The molecule has 10 heteroatoms. The lowest BCUT2D eigenvalue weighted by molar-refractivity contribution is -0.117. The van der Waals surface area contributed by atoms with Gasteiger partial charge in [-0.1, -0.05) is 12.1 Å². The van der Waals surface area contributed by atoms with E-state index in [-0.39, 0.29) is 12.5 Å². The lowest BCUT2D eigenvalue weighted by atomic mass is 10.3. The molecule has 0 bridgehead atoms. The summed E-state index contributed by atoms with van der Waals surface area (Å²) in [6.07, 6.45) is 0.425. The second-order valence-electron chi connectivity index (χ2n) is 5.08. The molecular formula is C16H14N6O2S2. The lowest BCUT2D eigenvalue weighted by Gasteiger charge is -2.09. The summed E-state index contributed by atoms with van der Waals surface area (Å²) in [5.74, 6) is 0.261. The van der Waals surface area contributed by atoms with Crippen LogP contribution in [0.3, 0.4) is 0 Å². The van der Waals surface area contributed by atoms with Gasteiger partial charge in [0.25, 0.3) is 0 Å². The number of carbonyl (C=O) groups is 1. The molecule has 2 heterocycles. The van der Waals surface area contributed by atoms with Crippen LogP contribution in [0.4, 0.5) is 5.69 Å². The van der Waals surface area contributed by atoms with E-state index in [1.807, 2.05) is 23.6 Å². The van der Waals surface area contributed by atoms with Crippen LogP contribution in [0.25, 0.3) is 5.00 Å². The van der Waals surface area contributed by atoms with Crippen LogP contribution in [-0.2, 0) is 11.3 Å². The number of hydrogen-bond acceptors (Lipinski definition) is 7. The highest BCUT2D eigenvalue weighted by atomic mass is 32.2. The van der Waals surface area contributed by atoms with Gasteiger partial charge < -0.3 is 5.32 Å². The second-order valence-corrected chi connectivity index (χ2v) is 7.15. The van der Waals surface area contributed by atoms with E-state index >= 15 is 0 Å². The second kappa shape index (κ2) is 8.46. The van der Waals surface area contributed by atoms with Crippen molar-refractivity contribution in [3.05, 3.63) is 52.3 Å². The maximum absolute atomic E-state index is 12.3. The number of nitriles is 1. The largest absolute Gasteiger partial charge is 0.369 e. The molecule has 1 amide bonds. The monoisotopic (exact) mass is 386 g/mol. The minimum Gasteiger partial charge on any atom is -0.323 e. The van der Waals surface area contributed by atoms with E-state index in [9.17, 15) is 9.59 Å². The highest BCUT2D eigenvalue weighted by Gasteiger charge is 2.14. The average Bonchev–Trinajstić information content (AvgIpc) is 3.27. The van der Waals surface area contributed by atoms with E-state index in [1.165, 1.54) is 23.1 Å². The third kappa shape index (κ3) is 4.19. The van der Waals surface area contributed by atoms with Crippen LogP contribution in [0.15, 0.2) is 51.5 Å². The van der Waals surface area contributed by atoms with E-state index in [1.54, 1.807) is 18.2 Å². The summed E-state index contributed by atoms with van der Waals surface area (Å²) in [7, 11) is 0. The molecule has 0 aliphatic carbocycles. The van der Waals surface area contributed by atoms with Crippen LogP contribution < -0.4 is 11.0 Å². The van der Waals surface area contributed by atoms with Gasteiger partial charge in [0.05, 0.1) is 11.8 Å². The van der Waals surface area contributed by atoms with Crippen molar-refractivity contribution >= 4 is 34.7 Å². The third-order valence-electron chi connectivity index (χ3n) is 3.28. The number of aromatic nitrogens is 4. The maximum Gasteiger partial charge on any atom is 0.369 e. The maximum atomic E-state index is 12.3. The van der Waals surface area contributed by atoms with Crippen molar-refractivity contribution in [2.24, 2.45) is 0 Å². The zero-order valence-corrected chi connectivity index (χ0v) is 15.2. The summed E-state index contributed by atoms with van der Waals surface area (Å²) in [6.45, 7) is -0.235. The van der Waals surface area contributed by atoms with Gasteiger partial charge in [0.15, 0.2) is 0 Å². The van der Waals surface area contributed by atoms with Crippen LogP contribution in [0.1, 0.15) is 6.42 Å². The van der Waals surface area contributed by atoms with Crippen LogP contribution >= 0.6 is 23.1 Å². The predicted octanol–water partition coefficient (Wildman–Crippen LogP) is 2.13. The highest BCUT2D eigenvalue weighted by Crippen LogP contribution is 2.27. The number of para-hydroxylation sites is 1. The number of amides is 1. The molecule has 3 aromatic rings. The first kappa shape index (κ1) is 17.9. The molecular weight excluding hydrogens is 372 g/mol. The van der Waals surface area contributed by atoms with E-state index < -0.39 is 5.69 Å². The summed E-state index contributed by atoms with van der Waals surface area (Å²) >= 11 is 2.85. The third-order valence-corrected chi connectivity index (χ3v) is 5.20. The number of tetrazole rings is 1. The molecule has 0 radical (unpaired) electrons. The Bertz CT molecular complexity index is 987.